The second kappa shape index (κ2) is 8.67. The highest BCUT2D eigenvalue weighted by Gasteiger charge is 2.46. The van der Waals surface area contributed by atoms with Crippen LogP contribution in [-0.4, -0.2) is 62.7 Å². The van der Waals surface area contributed by atoms with E-state index in [9.17, 15) is 14.7 Å². The minimum absolute atomic E-state index is 0.118. The molecular weight excluding hydrogens is 392 g/mol. The zero-order chi connectivity index (χ0) is 22.1. The minimum atomic E-state index is -0.646. The van der Waals surface area contributed by atoms with Crippen molar-refractivity contribution < 1.29 is 14.7 Å². The van der Waals surface area contributed by atoms with Gasteiger partial charge in [-0.1, -0.05) is 12.5 Å². The first kappa shape index (κ1) is 21.3. The zero-order valence-electron chi connectivity index (χ0n) is 18.4. The highest BCUT2D eigenvalue weighted by Crippen LogP contribution is 2.40. The van der Waals surface area contributed by atoms with E-state index in [1.807, 2.05) is 26.8 Å². The molecule has 1 amide bonds. The van der Waals surface area contributed by atoms with E-state index in [1.165, 1.54) is 6.42 Å². The fourth-order valence-electron chi connectivity index (χ4n) is 4.82. The summed E-state index contributed by atoms with van der Waals surface area (Å²) >= 11 is 0. The normalized spacial score (nSPS) is 21.8. The van der Waals surface area contributed by atoms with Gasteiger partial charge in [0.2, 0.25) is 0 Å². The fraction of sp³-hybridized carbons (Fsp3) is 0.458. The van der Waals surface area contributed by atoms with Crippen LogP contribution in [0.3, 0.4) is 0 Å². The summed E-state index contributed by atoms with van der Waals surface area (Å²) in [4.78, 5) is 37.6. The predicted octanol–water partition coefficient (Wildman–Crippen LogP) is 3.24. The smallest absolute Gasteiger partial charge is 0.295 e. The fourth-order valence-corrected chi connectivity index (χ4v) is 4.82. The molecule has 0 radical (unpaired) electrons. The first-order valence-corrected chi connectivity index (χ1v) is 11.0. The van der Waals surface area contributed by atoms with E-state index in [1.54, 1.807) is 23.4 Å². The average Bonchev–Trinajstić information content (AvgIpc) is 3.18. The molecule has 7 heteroatoms. The predicted molar refractivity (Wildman–Crippen MR) is 119 cm³/mol. The monoisotopic (exact) mass is 422 g/mol. The maximum atomic E-state index is 13.1. The molecule has 0 spiro atoms. The molecule has 0 aromatic carbocycles. The SMILES string of the molecule is Cc1[nH]c(C)c(/C(O)=C2\C(=O)C(=O)N(CCN3CCCCC3)C2c2cccnc2)c1C. The number of aromatic nitrogens is 2. The number of aryl methyl sites for hydroxylation is 2. The molecule has 164 valence electrons. The van der Waals surface area contributed by atoms with Gasteiger partial charge in [0.25, 0.3) is 11.7 Å². The number of aliphatic hydroxyl groups excluding tert-OH is 1. The molecule has 4 heterocycles. The summed E-state index contributed by atoms with van der Waals surface area (Å²) in [6.45, 7) is 8.87. The quantitative estimate of drug-likeness (QED) is 0.439. The molecule has 4 rings (SSSR count). The van der Waals surface area contributed by atoms with Crippen LogP contribution in [0.15, 0.2) is 30.1 Å². The van der Waals surface area contributed by atoms with Crippen LogP contribution in [0.4, 0.5) is 0 Å². The molecule has 0 aliphatic carbocycles. The second-order valence-corrected chi connectivity index (χ2v) is 8.56. The van der Waals surface area contributed by atoms with Crippen molar-refractivity contribution in [2.75, 3.05) is 26.2 Å². The van der Waals surface area contributed by atoms with Gasteiger partial charge >= 0.3 is 0 Å². The molecule has 0 bridgehead atoms. The molecular formula is C24H30N4O3. The Bertz CT molecular complexity index is 1020. The summed E-state index contributed by atoms with van der Waals surface area (Å²) in [5.41, 5.74) is 4.04. The summed E-state index contributed by atoms with van der Waals surface area (Å²) in [5, 5.41) is 11.3. The number of rotatable bonds is 5. The van der Waals surface area contributed by atoms with E-state index in [-0.39, 0.29) is 11.3 Å². The molecule has 1 unspecified atom stereocenters. The maximum Gasteiger partial charge on any atom is 0.295 e. The van der Waals surface area contributed by atoms with Crippen LogP contribution < -0.4 is 0 Å². The van der Waals surface area contributed by atoms with E-state index >= 15 is 0 Å². The number of likely N-dealkylation sites (tertiary alicyclic amines) is 2. The van der Waals surface area contributed by atoms with Gasteiger partial charge in [0.1, 0.15) is 5.76 Å². The number of nitrogens with one attached hydrogen (secondary N) is 1. The highest BCUT2D eigenvalue weighted by atomic mass is 16.3. The van der Waals surface area contributed by atoms with Gasteiger partial charge in [-0.2, -0.15) is 0 Å². The Hall–Kier alpha value is -2.93. The standard InChI is InChI=1S/C24H30N4O3/c1-15-16(2)26-17(3)19(15)22(29)20-21(18-8-7-9-25-14-18)28(24(31)23(20)30)13-12-27-10-5-4-6-11-27/h7-9,14,21,26,29H,4-6,10-13H2,1-3H3/b22-20+. The number of aromatic amines is 1. The van der Waals surface area contributed by atoms with Crippen LogP contribution in [-0.2, 0) is 9.59 Å². The molecule has 7 nitrogen and oxygen atoms in total. The Morgan fingerprint density at radius 3 is 2.48 bits per heavy atom. The Labute approximate surface area is 182 Å². The third-order valence-corrected chi connectivity index (χ3v) is 6.57. The Balaban J connectivity index is 1.76. The summed E-state index contributed by atoms with van der Waals surface area (Å²) in [5.74, 6) is -1.32. The van der Waals surface area contributed by atoms with Gasteiger partial charge in [-0.15, -0.1) is 0 Å². The molecule has 2 saturated heterocycles. The van der Waals surface area contributed by atoms with Crippen molar-refractivity contribution in [2.45, 2.75) is 46.1 Å². The van der Waals surface area contributed by atoms with Crippen molar-refractivity contribution in [1.29, 1.82) is 0 Å². The largest absolute Gasteiger partial charge is 0.507 e. The lowest BCUT2D eigenvalue weighted by Crippen LogP contribution is -2.40. The lowest BCUT2D eigenvalue weighted by Gasteiger charge is -2.30. The lowest BCUT2D eigenvalue weighted by atomic mass is 9.95. The molecule has 1 atom stereocenters. The van der Waals surface area contributed by atoms with E-state index in [0.29, 0.717) is 18.7 Å². The van der Waals surface area contributed by atoms with Gasteiger partial charge in [0.15, 0.2) is 0 Å². The van der Waals surface area contributed by atoms with Crippen LogP contribution in [0.25, 0.3) is 5.76 Å². The zero-order valence-corrected chi connectivity index (χ0v) is 18.4. The van der Waals surface area contributed by atoms with E-state index < -0.39 is 17.7 Å². The first-order valence-electron chi connectivity index (χ1n) is 11.0. The number of carbonyl (C=O) groups excluding carboxylic acids is 2. The molecule has 2 aliphatic rings. The molecule has 2 aliphatic heterocycles. The van der Waals surface area contributed by atoms with E-state index in [4.69, 9.17) is 0 Å². The molecule has 2 fully saturated rings. The van der Waals surface area contributed by atoms with Gasteiger partial charge in [-0.3, -0.25) is 14.6 Å². The van der Waals surface area contributed by atoms with Crippen molar-refractivity contribution in [2.24, 2.45) is 0 Å². The van der Waals surface area contributed by atoms with Crippen molar-refractivity contribution in [3.8, 4) is 0 Å². The lowest BCUT2D eigenvalue weighted by molar-refractivity contribution is -0.140. The number of nitrogens with zero attached hydrogens (tertiary/aromatic N) is 3. The van der Waals surface area contributed by atoms with Crippen molar-refractivity contribution in [3.05, 3.63) is 58.2 Å². The molecule has 0 saturated carbocycles. The third-order valence-electron chi connectivity index (χ3n) is 6.57. The van der Waals surface area contributed by atoms with Crippen LogP contribution in [0.1, 0.15) is 53.4 Å². The van der Waals surface area contributed by atoms with Crippen molar-refractivity contribution >= 4 is 17.4 Å². The summed E-state index contributed by atoms with van der Waals surface area (Å²) in [7, 11) is 0. The number of Topliss-reactive ketones (excluding diaryl/α,β-unsaturated/α-hetero) is 1. The van der Waals surface area contributed by atoms with Gasteiger partial charge in [-0.25, -0.2) is 0 Å². The van der Waals surface area contributed by atoms with Crippen molar-refractivity contribution in [3.63, 3.8) is 0 Å². The number of hydrogen-bond acceptors (Lipinski definition) is 5. The van der Waals surface area contributed by atoms with Gasteiger partial charge < -0.3 is 19.9 Å². The number of ketones is 1. The summed E-state index contributed by atoms with van der Waals surface area (Å²) in [6.07, 6.45) is 6.89. The van der Waals surface area contributed by atoms with Crippen LogP contribution in [0, 0.1) is 20.8 Å². The second-order valence-electron chi connectivity index (χ2n) is 8.56. The number of hydrogen-bond donors (Lipinski definition) is 2. The average molecular weight is 423 g/mol. The number of pyridine rings is 1. The van der Waals surface area contributed by atoms with Gasteiger partial charge in [-0.05, 0) is 63.9 Å². The van der Waals surface area contributed by atoms with Crippen LogP contribution >= 0.6 is 0 Å². The third kappa shape index (κ3) is 3.90. The van der Waals surface area contributed by atoms with Crippen LogP contribution in [0.5, 0.6) is 0 Å². The first-order chi connectivity index (χ1) is 14.9. The van der Waals surface area contributed by atoms with E-state index in [0.717, 1.165) is 48.4 Å². The molecule has 2 aromatic rings. The summed E-state index contributed by atoms with van der Waals surface area (Å²) in [6, 6.07) is 3.00. The number of H-pyrrole nitrogens is 1. The molecule has 2 aromatic heterocycles. The Morgan fingerprint density at radius 1 is 1.13 bits per heavy atom. The number of carbonyl (C=O) groups is 2. The Kier molecular flexibility index (Phi) is 5.96. The van der Waals surface area contributed by atoms with Gasteiger partial charge in [0.05, 0.1) is 11.6 Å². The highest BCUT2D eigenvalue weighted by molar-refractivity contribution is 6.46. The number of aliphatic hydroxyl groups is 1. The Morgan fingerprint density at radius 2 is 1.87 bits per heavy atom. The van der Waals surface area contributed by atoms with E-state index in [2.05, 4.69) is 14.9 Å². The molecule has 31 heavy (non-hydrogen) atoms. The number of piperidine rings is 1. The van der Waals surface area contributed by atoms with Gasteiger partial charge in [0, 0.05) is 42.4 Å². The number of amides is 1. The summed E-state index contributed by atoms with van der Waals surface area (Å²) < 4.78 is 0. The van der Waals surface area contributed by atoms with Crippen molar-refractivity contribution in [1.82, 2.24) is 19.8 Å². The maximum absolute atomic E-state index is 13.1. The minimum Gasteiger partial charge on any atom is -0.507 e. The van der Waals surface area contributed by atoms with Crippen LogP contribution in [0.2, 0.25) is 0 Å². The topological polar surface area (TPSA) is 89.5 Å². The molecule has 2 N–H and O–H groups in total.